The van der Waals surface area contributed by atoms with Crippen molar-refractivity contribution in [3.8, 4) is 0 Å². The third-order valence-corrected chi connectivity index (χ3v) is 4.99. The number of nitrogens with zero attached hydrogens (tertiary/aromatic N) is 1. The van der Waals surface area contributed by atoms with Gasteiger partial charge in [-0.25, -0.2) is 0 Å². The third kappa shape index (κ3) is 4.69. The smallest absolute Gasteiger partial charge is 0.247 e. The van der Waals surface area contributed by atoms with Crippen molar-refractivity contribution in [3.05, 3.63) is 64.6 Å². The summed E-state index contributed by atoms with van der Waals surface area (Å²) in [6.45, 7) is 0.659. The van der Waals surface area contributed by atoms with Crippen molar-refractivity contribution in [3.63, 3.8) is 0 Å². The minimum Gasteiger partial charge on any atom is -0.331 e. The molecule has 5 heteroatoms. The molecule has 4 nitrogen and oxygen atoms in total. The number of likely N-dealkylation sites (tertiary alicyclic amines) is 1. The van der Waals surface area contributed by atoms with Gasteiger partial charge < -0.3 is 10.2 Å². The summed E-state index contributed by atoms with van der Waals surface area (Å²) in [4.78, 5) is 26.9. The Morgan fingerprint density at radius 2 is 1.80 bits per heavy atom. The van der Waals surface area contributed by atoms with Gasteiger partial charge >= 0.3 is 0 Å². The zero-order chi connectivity index (χ0) is 17.6. The molecule has 2 aromatic carbocycles. The van der Waals surface area contributed by atoms with Crippen molar-refractivity contribution >= 4 is 33.4 Å². The van der Waals surface area contributed by atoms with E-state index in [0.29, 0.717) is 19.4 Å². The van der Waals surface area contributed by atoms with Crippen LogP contribution in [0.4, 0.5) is 5.69 Å². The van der Waals surface area contributed by atoms with Gasteiger partial charge in [0.2, 0.25) is 11.8 Å². The van der Waals surface area contributed by atoms with E-state index in [1.54, 1.807) is 4.90 Å². The third-order valence-electron chi connectivity index (χ3n) is 4.46. The molecule has 25 heavy (non-hydrogen) atoms. The number of halogens is 1. The largest absolute Gasteiger partial charge is 0.331 e. The molecule has 1 aliphatic heterocycles. The van der Waals surface area contributed by atoms with Crippen LogP contribution in [-0.4, -0.2) is 29.3 Å². The molecular formula is C20H21BrN2O2. The minimum atomic E-state index is -0.369. The summed E-state index contributed by atoms with van der Waals surface area (Å²) in [6.07, 6.45) is 2.73. The van der Waals surface area contributed by atoms with E-state index in [4.69, 9.17) is 0 Å². The van der Waals surface area contributed by atoms with Crippen LogP contribution in [0.1, 0.15) is 24.8 Å². The van der Waals surface area contributed by atoms with E-state index in [9.17, 15) is 9.59 Å². The van der Waals surface area contributed by atoms with Gasteiger partial charge in [-0.2, -0.15) is 0 Å². The van der Waals surface area contributed by atoms with Crippen molar-refractivity contribution in [1.82, 2.24) is 4.90 Å². The van der Waals surface area contributed by atoms with Crippen LogP contribution < -0.4 is 5.32 Å². The molecule has 1 fully saturated rings. The topological polar surface area (TPSA) is 49.4 Å². The number of carbonyl (C=O) groups is 2. The first-order valence-electron chi connectivity index (χ1n) is 8.53. The second kappa shape index (κ2) is 8.30. The quantitative estimate of drug-likeness (QED) is 0.823. The molecule has 0 unspecified atom stereocenters. The Kier molecular flexibility index (Phi) is 5.87. The van der Waals surface area contributed by atoms with E-state index in [1.165, 1.54) is 0 Å². The molecule has 0 aromatic heterocycles. The molecule has 2 aromatic rings. The highest BCUT2D eigenvalue weighted by atomic mass is 79.9. The highest BCUT2D eigenvalue weighted by Gasteiger charge is 2.33. The summed E-state index contributed by atoms with van der Waals surface area (Å²) in [7, 11) is 0. The van der Waals surface area contributed by atoms with Crippen LogP contribution in [0.5, 0.6) is 0 Å². The Labute approximate surface area is 156 Å². The number of rotatable bonds is 5. The number of benzene rings is 2. The average molecular weight is 401 g/mol. The van der Waals surface area contributed by atoms with Gasteiger partial charge in [0.05, 0.1) is 0 Å². The molecule has 2 amide bonds. The van der Waals surface area contributed by atoms with Crippen molar-refractivity contribution < 1.29 is 9.59 Å². The molecule has 0 spiro atoms. The first-order chi connectivity index (χ1) is 12.1. The molecule has 3 rings (SSSR count). The van der Waals surface area contributed by atoms with Gasteiger partial charge in [0.1, 0.15) is 6.04 Å². The lowest BCUT2D eigenvalue weighted by atomic mass is 10.1. The predicted molar refractivity (Wildman–Crippen MR) is 102 cm³/mol. The highest BCUT2D eigenvalue weighted by molar-refractivity contribution is 9.10. The zero-order valence-electron chi connectivity index (χ0n) is 14.0. The van der Waals surface area contributed by atoms with Gasteiger partial charge in [0.25, 0.3) is 0 Å². The maximum atomic E-state index is 12.6. The predicted octanol–water partition coefficient (Wildman–Crippen LogP) is 4.01. The Bertz CT molecular complexity index is 731. The van der Waals surface area contributed by atoms with E-state index in [0.717, 1.165) is 28.6 Å². The monoisotopic (exact) mass is 400 g/mol. The Hall–Kier alpha value is -2.14. The Morgan fingerprint density at radius 3 is 2.52 bits per heavy atom. The molecule has 130 valence electrons. The summed E-state index contributed by atoms with van der Waals surface area (Å²) in [5.41, 5.74) is 1.89. The lowest BCUT2D eigenvalue weighted by Gasteiger charge is -2.24. The maximum Gasteiger partial charge on any atom is 0.247 e. The van der Waals surface area contributed by atoms with Crippen LogP contribution in [0.3, 0.4) is 0 Å². The number of carbonyl (C=O) groups excluding carboxylic acids is 2. The normalized spacial score (nSPS) is 16.7. The summed E-state index contributed by atoms with van der Waals surface area (Å²) >= 11 is 3.38. The molecule has 0 bridgehead atoms. The van der Waals surface area contributed by atoms with E-state index in [2.05, 4.69) is 21.2 Å². The molecule has 1 atom stereocenters. The number of aryl methyl sites for hydroxylation is 1. The number of hydrogen-bond acceptors (Lipinski definition) is 2. The first kappa shape index (κ1) is 17.7. The zero-order valence-corrected chi connectivity index (χ0v) is 15.5. The van der Waals surface area contributed by atoms with Crippen LogP contribution in [0, 0.1) is 0 Å². The van der Waals surface area contributed by atoms with Crippen molar-refractivity contribution in [2.75, 3.05) is 11.9 Å². The maximum absolute atomic E-state index is 12.6. The van der Waals surface area contributed by atoms with Gasteiger partial charge in [0.15, 0.2) is 0 Å². The molecular weight excluding hydrogens is 380 g/mol. The standard InChI is InChI=1S/C20H21BrN2O2/c21-16-9-11-17(12-10-16)22-20(25)18-7-4-14-23(18)19(24)13-8-15-5-2-1-3-6-15/h1-3,5-6,9-12,18H,4,7-8,13-14H2,(H,22,25)/t18-/m1/s1. The second-order valence-corrected chi connectivity index (χ2v) is 7.14. The van der Waals surface area contributed by atoms with Crippen molar-refractivity contribution in [2.24, 2.45) is 0 Å². The molecule has 1 aliphatic rings. The van der Waals surface area contributed by atoms with Gasteiger partial charge in [-0.05, 0) is 49.1 Å². The molecule has 0 aliphatic carbocycles. The Balaban J connectivity index is 1.58. The molecule has 1 saturated heterocycles. The average Bonchev–Trinajstić information content (AvgIpc) is 3.12. The fourth-order valence-electron chi connectivity index (χ4n) is 3.14. The molecule has 0 radical (unpaired) electrons. The van der Waals surface area contributed by atoms with Crippen LogP contribution in [0.2, 0.25) is 0 Å². The van der Waals surface area contributed by atoms with Crippen LogP contribution in [0.15, 0.2) is 59.1 Å². The van der Waals surface area contributed by atoms with E-state index in [-0.39, 0.29) is 17.9 Å². The SMILES string of the molecule is O=C(Nc1ccc(Br)cc1)[C@H]1CCCN1C(=O)CCc1ccccc1. The number of hydrogen-bond donors (Lipinski definition) is 1. The Morgan fingerprint density at radius 1 is 1.08 bits per heavy atom. The van der Waals surface area contributed by atoms with Gasteiger partial charge in [-0.1, -0.05) is 46.3 Å². The van der Waals surface area contributed by atoms with Crippen LogP contribution in [0.25, 0.3) is 0 Å². The number of amides is 2. The molecule has 0 saturated carbocycles. The van der Waals surface area contributed by atoms with Crippen molar-refractivity contribution in [2.45, 2.75) is 31.7 Å². The fraction of sp³-hybridized carbons (Fsp3) is 0.300. The summed E-state index contributed by atoms with van der Waals surface area (Å²) in [6, 6.07) is 17.1. The van der Waals surface area contributed by atoms with E-state index >= 15 is 0 Å². The second-order valence-electron chi connectivity index (χ2n) is 6.23. The highest BCUT2D eigenvalue weighted by Crippen LogP contribution is 2.21. The van der Waals surface area contributed by atoms with Gasteiger partial charge in [-0.3, -0.25) is 9.59 Å². The lowest BCUT2D eigenvalue weighted by Crippen LogP contribution is -2.43. The molecule has 1 N–H and O–H groups in total. The van der Waals surface area contributed by atoms with Crippen molar-refractivity contribution in [1.29, 1.82) is 0 Å². The number of nitrogens with one attached hydrogen (secondary N) is 1. The van der Waals surface area contributed by atoms with Crippen LogP contribution in [-0.2, 0) is 16.0 Å². The first-order valence-corrected chi connectivity index (χ1v) is 9.32. The lowest BCUT2D eigenvalue weighted by molar-refractivity contribution is -0.136. The fourth-order valence-corrected chi connectivity index (χ4v) is 3.40. The summed E-state index contributed by atoms with van der Waals surface area (Å²) < 4.78 is 0.962. The minimum absolute atomic E-state index is 0.0531. The van der Waals surface area contributed by atoms with Gasteiger partial charge in [0, 0.05) is 23.1 Å². The number of anilines is 1. The summed E-state index contributed by atoms with van der Waals surface area (Å²) in [5, 5.41) is 2.92. The van der Waals surface area contributed by atoms with Gasteiger partial charge in [-0.15, -0.1) is 0 Å². The van der Waals surface area contributed by atoms with Crippen LogP contribution >= 0.6 is 15.9 Å². The molecule has 1 heterocycles. The van der Waals surface area contributed by atoms with E-state index in [1.807, 2.05) is 54.6 Å². The van der Waals surface area contributed by atoms with E-state index < -0.39 is 0 Å². The summed E-state index contributed by atoms with van der Waals surface area (Å²) in [5.74, 6) is -0.0507.